The molecule has 1 aliphatic carbocycles. The largest absolute Gasteiger partial charge is 0.368 e. The molecule has 10 heteroatoms. The first-order chi connectivity index (χ1) is 18.0. The first-order valence-corrected chi connectivity index (χ1v) is 13.6. The number of piperazine rings is 1. The number of halogens is 1. The molecule has 1 saturated carbocycles. The Balaban J connectivity index is 1.30. The fourth-order valence-corrected chi connectivity index (χ4v) is 5.36. The number of nitrogens with zero attached hydrogens (tertiary/aromatic N) is 6. The lowest BCUT2D eigenvalue weighted by atomic mass is 10.0. The van der Waals surface area contributed by atoms with Crippen molar-refractivity contribution in [3.8, 4) is 11.1 Å². The summed E-state index contributed by atoms with van der Waals surface area (Å²) in [7, 11) is 2.17. The van der Waals surface area contributed by atoms with Gasteiger partial charge < -0.3 is 10.6 Å². The summed E-state index contributed by atoms with van der Waals surface area (Å²) in [5.74, 6) is 0.486. The Morgan fingerprint density at radius 3 is 2.54 bits per heavy atom. The van der Waals surface area contributed by atoms with E-state index in [1.54, 1.807) is 18.6 Å². The Morgan fingerprint density at radius 1 is 1.08 bits per heavy atom. The van der Waals surface area contributed by atoms with E-state index in [9.17, 15) is 4.79 Å². The van der Waals surface area contributed by atoms with E-state index in [1.165, 1.54) is 5.56 Å². The lowest BCUT2D eigenvalue weighted by Gasteiger charge is -2.32. The molecule has 2 fully saturated rings. The number of anilines is 2. The van der Waals surface area contributed by atoms with Gasteiger partial charge in [0.1, 0.15) is 0 Å². The van der Waals surface area contributed by atoms with Crippen molar-refractivity contribution in [2.75, 3.05) is 44.0 Å². The molecule has 37 heavy (non-hydrogen) atoms. The van der Waals surface area contributed by atoms with E-state index in [1.807, 2.05) is 11.1 Å². The second-order valence-corrected chi connectivity index (χ2v) is 10.7. The number of carbonyl (C=O) groups excluding carboxylic acids is 1. The summed E-state index contributed by atoms with van der Waals surface area (Å²) >= 11 is 3.52. The molecular formula is C27H33BrN8O. The highest BCUT2D eigenvalue weighted by Gasteiger charge is 2.28. The standard InChI is InChI=1S/C27H33BrN8O/c1-34-10-12-35(13-11-34)18-19-6-8-20(9-7-19)21-14-22(16-30-15-21)26(37)33-36(23-4-2-3-5-23)25-24(28)17-31-27(29)32-25/h6-9,14-17,23H,2-5,10-13,18H2,1H3,(H,33,37)(H2,29,31,32). The minimum atomic E-state index is -0.239. The molecule has 0 spiro atoms. The van der Waals surface area contributed by atoms with E-state index in [-0.39, 0.29) is 17.9 Å². The molecule has 1 aromatic carbocycles. The van der Waals surface area contributed by atoms with Crippen LogP contribution in [0.4, 0.5) is 11.8 Å². The third-order valence-corrected chi connectivity index (χ3v) is 7.73. The minimum absolute atomic E-state index is 0.138. The predicted octanol–water partition coefficient (Wildman–Crippen LogP) is 3.72. The molecule has 1 amide bonds. The van der Waals surface area contributed by atoms with Gasteiger partial charge in [0, 0.05) is 56.9 Å². The Kier molecular flexibility index (Phi) is 7.97. The zero-order chi connectivity index (χ0) is 25.8. The highest BCUT2D eigenvalue weighted by Crippen LogP contribution is 2.31. The summed E-state index contributed by atoms with van der Waals surface area (Å²) in [6, 6.07) is 10.6. The molecule has 2 aromatic heterocycles. The van der Waals surface area contributed by atoms with Crippen LogP contribution < -0.4 is 16.2 Å². The van der Waals surface area contributed by atoms with Gasteiger partial charge in [0.15, 0.2) is 5.82 Å². The molecule has 0 unspecified atom stereocenters. The molecule has 5 rings (SSSR count). The zero-order valence-corrected chi connectivity index (χ0v) is 22.7. The number of nitrogen functional groups attached to an aromatic ring is 1. The fraction of sp³-hybridized carbons (Fsp3) is 0.407. The maximum absolute atomic E-state index is 13.4. The molecule has 194 valence electrons. The average molecular weight is 566 g/mol. The van der Waals surface area contributed by atoms with Gasteiger partial charge in [-0.2, -0.15) is 4.98 Å². The lowest BCUT2D eigenvalue weighted by Crippen LogP contribution is -2.48. The van der Waals surface area contributed by atoms with Gasteiger partial charge in [0.25, 0.3) is 5.91 Å². The SMILES string of the molecule is CN1CCN(Cc2ccc(-c3cncc(C(=O)NN(c4nc(N)ncc4Br)C4CCCC4)c3)cc2)CC1. The summed E-state index contributed by atoms with van der Waals surface area (Å²) < 4.78 is 0.678. The minimum Gasteiger partial charge on any atom is -0.368 e. The highest BCUT2D eigenvalue weighted by molar-refractivity contribution is 9.10. The molecule has 3 N–H and O–H groups in total. The summed E-state index contributed by atoms with van der Waals surface area (Å²) in [4.78, 5) is 31.0. The number of nitrogens with two attached hydrogens (primary N) is 1. The van der Waals surface area contributed by atoms with E-state index in [2.05, 4.69) is 77.4 Å². The van der Waals surface area contributed by atoms with E-state index in [4.69, 9.17) is 5.73 Å². The van der Waals surface area contributed by atoms with Gasteiger partial charge in [0.2, 0.25) is 5.95 Å². The van der Waals surface area contributed by atoms with Crippen molar-refractivity contribution in [3.05, 3.63) is 64.5 Å². The van der Waals surface area contributed by atoms with Crippen LogP contribution in [0.2, 0.25) is 0 Å². The molecule has 9 nitrogen and oxygen atoms in total. The van der Waals surface area contributed by atoms with Crippen molar-refractivity contribution in [1.29, 1.82) is 0 Å². The van der Waals surface area contributed by atoms with Crippen LogP contribution in [0.5, 0.6) is 0 Å². The van der Waals surface area contributed by atoms with Gasteiger partial charge >= 0.3 is 0 Å². The van der Waals surface area contributed by atoms with Gasteiger partial charge in [-0.25, -0.2) is 4.98 Å². The second-order valence-electron chi connectivity index (χ2n) is 9.89. The normalized spacial score (nSPS) is 17.1. The maximum Gasteiger partial charge on any atom is 0.271 e. The van der Waals surface area contributed by atoms with Crippen molar-refractivity contribution in [2.24, 2.45) is 0 Å². The number of hydrogen-bond donors (Lipinski definition) is 2. The van der Waals surface area contributed by atoms with Crippen molar-refractivity contribution < 1.29 is 4.79 Å². The van der Waals surface area contributed by atoms with Gasteiger partial charge in [-0.15, -0.1) is 0 Å². The van der Waals surface area contributed by atoms with Crippen molar-refractivity contribution >= 4 is 33.6 Å². The van der Waals surface area contributed by atoms with Crippen LogP contribution in [0.25, 0.3) is 11.1 Å². The number of hydrogen-bond acceptors (Lipinski definition) is 8. The number of benzene rings is 1. The Hall–Kier alpha value is -3.08. The first kappa shape index (κ1) is 25.6. The first-order valence-electron chi connectivity index (χ1n) is 12.8. The number of likely N-dealkylation sites (N-methyl/N-ethyl adjacent to an activating group) is 1. The van der Waals surface area contributed by atoms with Crippen molar-refractivity contribution in [1.82, 2.24) is 30.2 Å². The van der Waals surface area contributed by atoms with E-state index < -0.39 is 0 Å². The van der Waals surface area contributed by atoms with Crippen LogP contribution in [0.1, 0.15) is 41.6 Å². The Bertz CT molecular complexity index is 1220. The van der Waals surface area contributed by atoms with Crippen LogP contribution in [0.15, 0.2) is 53.4 Å². The Labute approximate surface area is 226 Å². The van der Waals surface area contributed by atoms with Gasteiger partial charge in [-0.05, 0) is 53.0 Å². The molecule has 1 saturated heterocycles. The van der Waals surface area contributed by atoms with Gasteiger partial charge in [0.05, 0.1) is 16.1 Å². The van der Waals surface area contributed by atoms with Crippen LogP contribution in [-0.2, 0) is 6.54 Å². The van der Waals surface area contributed by atoms with Crippen LogP contribution >= 0.6 is 15.9 Å². The smallest absolute Gasteiger partial charge is 0.271 e. The fourth-order valence-electron chi connectivity index (χ4n) is 4.98. The van der Waals surface area contributed by atoms with Crippen molar-refractivity contribution in [2.45, 2.75) is 38.3 Å². The van der Waals surface area contributed by atoms with Gasteiger partial charge in [-0.3, -0.25) is 25.1 Å². The molecule has 2 aliphatic rings. The van der Waals surface area contributed by atoms with Gasteiger partial charge in [-0.1, -0.05) is 37.1 Å². The molecule has 3 heterocycles. The van der Waals surface area contributed by atoms with E-state index in [0.29, 0.717) is 15.9 Å². The molecule has 3 aromatic rings. The monoisotopic (exact) mass is 564 g/mol. The predicted molar refractivity (Wildman–Crippen MR) is 149 cm³/mol. The van der Waals surface area contributed by atoms with E-state index in [0.717, 1.165) is 69.5 Å². The summed E-state index contributed by atoms with van der Waals surface area (Å²) in [5.41, 5.74) is 12.6. The quantitative estimate of drug-likeness (QED) is 0.418. The van der Waals surface area contributed by atoms with E-state index >= 15 is 0 Å². The number of carbonyl (C=O) groups is 1. The molecular weight excluding hydrogens is 532 g/mol. The maximum atomic E-state index is 13.4. The van der Waals surface area contributed by atoms with Crippen LogP contribution in [0.3, 0.4) is 0 Å². The topological polar surface area (TPSA) is 104 Å². The zero-order valence-electron chi connectivity index (χ0n) is 21.1. The summed E-state index contributed by atoms with van der Waals surface area (Å²) in [6.45, 7) is 5.36. The average Bonchev–Trinajstić information content (AvgIpc) is 3.45. The number of hydrazine groups is 1. The second kappa shape index (κ2) is 11.5. The lowest BCUT2D eigenvalue weighted by molar-refractivity contribution is 0.0943. The van der Waals surface area contributed by atoms with Crippen molar-refractivity contribution in [3.63, 3.8) is 0 Å². The third-order valence-electron chi connectivity index (χ3n) is 7.17. The number of pyridine rings is 1. The molecule has 0 radical (unpaired) electrons. The highest BCUT2D eigenvalue weighted by atomic mass is 79.9. The number of nitrogens with one attached hydrogen (secondary N) is 1. The number of amides is 1. The summed E-state index contributed by atoms with van der Waals surface area (Å²) in [6.07, 6.45) is 9.15. The van der Waals surface area contributed by atoms with Crippen LogP contribution in [-0.4, -0.2) is 69.9 Å². The Morgan fingerprint density at radius 2 is 1.81 bits per heavy atom. The molecule has 0 bridgehead atoms. The number of rotatable bonds is 7. The third kappa shape index (κ3) is 6.26. The number of aromatic nitrogens is 3. The summed E-state index contributed by atoms with van der Waals surface area (Å²) in [5, 5.41) is 1.83. The molecule has 1 aliphatic heterocycles. The van der Waals surface area contributed by atoms with Crippen LogP contribution in [0, 0.1) is 0 Å². The molecule has 0 atom stereocenters.